The third kappa shape index (κ3) is 1.03. The van der Waals surface area contributed by atoms with Crippen LogP contribution in [0.5, 0.6) is 0 Å². The fourth-order valence-corrected chi connectivity index (χ4v) is 0.698. The zero-order valence-electron chi connectivity index (χ0n) is 4.48. The summed E-state index contributed by atoms with van der Waals surface area (Å²) in [5.74, 6) is 0. The summed E-state index contributed by atoms with van der Waals surface area (Å²) in [5, 5.41) is 0. The fourth-order valence-electron chi connectivity index (χ4n) is 0.698. The van der Waals surface area contributed by atoms with Gasteiger partial charge in [-0.25, -0.2) is 0 Å². The zero-order valence-corrected chi connectivity index (χ0v) is 4.48. The first-order valence-electron chi connectivity index (χ1n) is 2.66. The van der Waals surface area contributed by atoms with Gasteiger partial charge in [0.15, 0.2) is 0 Å². The molecule has 39 valence electrons. The quantitative estimate of drug-likeness (QED) is 0.488. The Morgan fingerprint density at radius 3 is 2.43 bits per heavy atom. The summed E-state index contributed by atoms with van der Waals surface area (Å²) >= 11 is 0. The molecule has 0 unspecified atom stereocenters. The van der Waals surface area contributed by atoms with E-state index in [4.69, 9.17) is 0 Å². The normalized spacial score (nSPS) is 21.1. The Kier molecular flexibility index (Phi) is 1.47. The smallest absolute Gasteiger partial charge is 0.0230 e. The maximum atomic E-state index is 3.52. The van der Waals surface area contributed by atoms with E-state index in [0.717, 1.165) is 6.54 Å². The van der Waals surface area contributed by atoms with Gasteiger partial charge < -0.3 is 0 Å². The zero-order chi connectivity index (χ0) is 5.11. The molecule has 0 aromatic heterocycles. The van der Waals surface area contributed by atoms with Crippen LogP contribution in [0.25, 0.3) is 0 Å². The summed E-state index contributed by atoms with van der Waals surface area (Å²) in [4.78, 5) is 2.31. The van der Waals surface area contributed by atoms with Gasteiger partial charge in [-0.15, -0.1) is 0 Å². The van der Waals surface area contributed by atoms with Gasteiger partial charge in [-0.05, 0) is 25.6 Å². The fraction of sp³-hybridized carbons (Fsp3) is 0.667. The van der Waals surface area contributed by atoms with Crippen molar-refractivity contribution >= 4 is 0 Å². The van der Waals surface area contributed by atoms with Crippen molar-refractivity contribution in [3.8, 4) is 0 Å². The molecule has 1 fully saturated rings. The predicted octanol–water partition coefficient (Wildman–Crippen LogP) is 0.681. The Morgan fingerprint density at radius 2 is 2.29 bits per heavy atom. The summed E-state index contributed by atoms with van der Waals surface area (Å²) < 4.78 is 0. The Morgan fingerprint density at radius 1 is 1.57 bits per heavy atom. The van der Waals surface area contributed by atoms with Crippen molar-refractivity contribution in [2.45, 2.75) is 6.42 Å². The standard InChI is InChI=1S/C6H10N/c1-2-4-7-5-3-6-7/h1,3-6H2. The molecule has 0 aliphatic carbocycles. The van der Waals surface area contributed by atoms with Gasteiger partial charge in [0, 0.05) is 6.54 Å². The average molecular weight is 96.2 g/mol. The van der Waals surface area contributed by atoms with Gasteiger partial charge in [0.1, 0.15) is 0 Å². The van der Waals surface area contributed by atoms with E-state index in [2.05, 4.69) is 17.6 Å². The molecule has 0 aromatic rings. The molecule has 1 rings (SSSR count). The molecule has 1 aliphatic rings. The molecule has 0 N–H and O–H groups in total. The highest BCUT2D eigenvalue weighted by Crippen LogP contribution is 2.02. The van der Waals surface area contributed by atoms with E-state index < -0.39 is 0 Å². The number of hydrogen-bond donors (Lipinski definition) is 0. The van der Waals surface area contributed by atoms with Gasteiger partial charge in [0.25, 0.3) is 0 Å². The molecule has 1 heterocycles. The molecule has 1 nitrogen and oxygen atoms in total. The van der Waals surface area contributed by atoms with Crippen LogP contribution in [0.3, 0.4) is 0 Å². The lowest BCUT2D eigenvalue weighted by Crippen LogP contribution is -2.36. The minimum Gasteiger partial charge on any atom is -0.299 e. The molecule has 1 aliphatic heterocycles. The van der Waals surface area contributed by atoms with Gasteiger partial charge in [-0.3, -0.25) is 4.90 Å². The summed E-state index contributed by atoms with van der Waals surface area (Å²) in [6.07, 6.45) is 4.21. The molecule has 0 spiro atoms. The van der Waals surface area contributed by atoms with Crippen molar-refractivity contribution in [1.82, 2.24) is 4.90 Å². The van der Waals surface area contributed by atoms with Crippen molar-refractivity contribution < 1.29 is 0 Å². The topological polar surface area (TPSA) is 3.24 Å². The highest BCUT2D eigenvalue weighted by molar-refractivity contribution is 4.72. The molecule has 0 saturated carbocycles. The highest BCUT2D eigenvalue weighted by Gasteiger charge is 2.09. The van der Waals surface area contributed by atoms with Crippen molar-refractivity contribution in [2.75, 3.05) is 19.6 Å². The Hall–Kier alpha value is -0.300. The lowest BCUT2D eigenvalue weighted by molar-refractivity contribution is 0.201. The van der Waals surface area contributed by atoms with E-state index in [1.165, 1.54) is 19.5 Å². The van der Waals surface area contributed by atoms with Gasteiger partial charge in [-0.1, -0.05) is 6.58 Å². The summed E-state index contributed by atoms with van der Waals surface area (Å²) in [7, 11) is 0. The first-order chi connectivity index (χ1) is 3.43. The molecule has 0 amide bonds. The van der Waals surface area contributed by atoms with Gasteiger partial charge in [-0.2, -0.15) is 0 Å². The second-order valence-corrected chi connectivity index (χ2v) is 1.88. The second-order valence-electron chi connectivity index (χ2n) is 1.88. The summed E-state index contributed by atoms with van der Waals surface area (Å²) in [6.45, 7) is 6.98. The molecule has 1 saturated heterocycles. The van der Waals surface area contributed by atoms with E-state index in [-0.39, 0.29) is 0 Å². The number of rotatable bonds is 2. The van der Waals surface area contributed by atoms with E-state index >= 15 is 0 Å². The molecule has 0 aromatic carbocycles. The Labute approximate surface area is 44.6 Å². The number of nitrogens with zero attached hydrogens (tertiary/aromatic N) is 1. The van der Waals surface area contributed by atoms with Gasteiger partial charge in [0.05, 0.1) is 0 Å². The van der Waals surface area contributed by atoms with E-state index in [0.29, 0.717) is 0 Å². The van der Waals surface area contributed by atoms with Crippen LogP contribution in [-0.4, -0.2) is 24.5 Å². The van der Waals surface area contributed by atoms with Crippen LogP contribution >= 0.6 is 0 Å². The number of likely N-dealkylation sites (tertiary alicyclic amines) is 1. The van der Waals surface area contributed by atoms with E-state index in [1.54, 1.807) is 0 Å². The lowest BCUT2D eigenvalue weighted by Gasteiger charge is -2.28. The first kappa shape index (κ1) is 4.85. The number of hydrogen-bond acceptors (Lipinski definition) is 1. The van der Waals surface area contributed by atoms with Crippen molar-refractivity contribution in [2.24, 2.45) is 0 Å². The molecule has 0 bridgehead atoms. The third-order valence-electron chi connectivity index (χ3n) is 1.28. The van der Waals surface area contributed by atoms with Crippen LogP contribution in [0.2, 0.25) is 0 Å². The molecule has 7 heavy (non-hydrogen) atoms. The van der Waals surface area contributed by atoms with Crippen LogP contribution < -0.4 is 0 Å². The van der Waals surface area contributed by atoms with Gasteiger partial charge in [0.2, 0.25) is 0 Å². The molecular formula is C6H10N. The van der Waals surface area contributed by atoms with E-state index in [9.17, 15) is 0 Å². The molecular weight excluding hydrogens is 86.1 g/mol. The summed E-state index contributed by atoms with van der Waals surface area (Å²) in [6, 6.07) is 0. The third-order valence-corrected chi connectivity index (χ3v) is 1.28. The van der Waals surface area contributed by atoms with Crippen LogP contribution in [0.15, 0.2) is 6.58 Å². The van der Waals surface area contributed by atoms with Crippen molar-refractivity contribution in [3.63, 3.8) is 0 Å². The Balaban J connectivity index is 2.03. The van der Waals surface area contributed by atoms with Crippen LogP contribution in [0.1, 0.15) is 6.42 Å². The van der Waals surface area contributed by atoms with Crippen LogP contribution in [0.4, 0.5) is 0 Å². The Bertz CT molecular complexity index is 64.6. The van der Waals surface area contributed by atoms with Crippen LogP contribution in [-0.2, 0) is 0 Å². The maximum absolute atomic E-state index is 3.52. The predicted molar refractivity (Wildman–Crippen MR) is 29.9 cm³/mol. The maximum Gasteiger partial charge on any atom is 0.0230 e. The SMILES string of the molecule is C=[C]CN1CCC1. The van der Waals surface area contributed by atoms with Crippen molar-refractivity contribution in [1.29, 1.82) is 0 Å². The molecule has 1 radical (unpaired) electrons. The monoisotopic (exact) mass is 96.1 g/mol. The van der Waals surface area contributed by atoms with Crippen LogP contribution in [0, 0.1) is 6.08 Å². The average Bonchev–Trinajstić information content (AvgIpc) is 1.55. The van der Waals surface area contributed by atoms with Crippen molar-refractivity contribution in [3.05, 3.63) is 12.7 Å². The molecule has 0 atom stereocenters. The largest absolute Gasteiger partial charge is 0.299 e. The first-order valence-corrected chi connectivity index (χ1v) is 2.66. The molecule has 1 heteroatoms. The lowest BCUT2D eigenvalue weighted by atomic mass is 10.2. The minimum atomic E-state index is 0.958. The summed E-state index contributed by atoms with van der Waals surface area (Å²) in [5.41, 5.74) is 0. The highest BCUT2D eigenvalue weighted by atomic mass is 15.2. The van der Waals surface area contributed by atoms with Gasteiger partial charge >= 0.3 is 0 Å². The minimum absolute atomic E-state index is 0.958. The van der Waals surface area contributed by atoms with E-state index in [1.807, 2.05) is 0 Å². The second kappa shape index (κ2) is 2.12.